The summed E-state index contributed by atoms with van der Waals surface area (Å²) in [6.45, 7) is 8.70. The third kappa shape index (κ3) is 4.72. The van der Waals surface area contributed by atoms with Crippen molar-refractivity contribution >= 4 is 17.7 Å². The molecular weight excluding hydrogens is 451 g/mol. The van der Waals surface area contributed by atoms with E-state index in [4.69, 9.17) is 0 Å². The van der Waals surface area contributed by atoms with E-state index in [9.17, 15) is 32.8 Å². The molecule has 184 valence electrons. The van der Waals surface area contributed by atoms with Gasteiger partial charge in [0.25, 0.3) is 0 Å². The monoisotopic (exact) mass is 479 g/mol. The standard InChI is InChI=1S/C23H28F3N5O3/c1-21(2,3)17(30-20(34)23(24,25)26)19(33)31-11-13-15(22(13,4)5)16(31)18(32)29-14(9-27)12-7-6-8-28-10-12/h6-8,10,13-17H,11H2,1-5H3,(H,29,32)(H,30,34)/t13-,14+,15-,16-,17+/m0/s1. The van der Waals surface area contributed by atoms with Gasteiger partial charge < -0.3 is 15.5 Å². The molecule has 1 aliphatic carbocycles. The zero-order chi connectivity index (χ0) is 25.6. The lowest BCUT2D eigenvalue weighted by atomic mass is 9.85. The minimum absolute atomic E-state index is 0.0231. The number of halogens is 3. The molecule has 0 bridgehead atoms. The van der Waals surface area contributed by atoms with Crippen molar-refractivity contribution in [2.24, 2.45) is 22.7 Å². The molecule has 0 unspecified atom stereocenters. The average Bonchev–Trinajstić information content (AvgIpc) is 3.09. The number of carbonyl (C=O) groups is 3. The van der Waals surface area contributed by atoms with E-state index >= 15 is 0 Å². The fourth-order valence-corrected chi connectivity index (χ4v) is 4.81. The van der Waals surface area contributed by atoms with Crippen molar-refractivity contribution in [1.82, 2.24) is 20.5 Å². The van der Waals surface area contributed by atoms with E-state index in [1.807, 2.05) is 25.2 Å². The molecule has 2 N–H and O–H groups in total. The first-order valence-electron chi connectivity index (χ1n) is 10.9. The second-order valence-electron chi connectivity index (χ2n) is 10.5. The molecule has 1 saturated carbocycles. The normalized spacial score (nSPS) is 24.9. The van der Waals surface area contributed by atoms with E-state index in [1.165, 1.54) is 38.1 Å². The highest BCUT2D eigenvalue weighted by atomic mass is 19.4. The number of pyridine rings is 1. The highest BCUT2D eigenvalue weighted by Crippen LogP contribution is 2.65. The van der Waals surface area contributed by atoms with Crippen molar-refractivity contribution in [1.29, 1.82) is 5.26 Å². The number of rotatable bonds is 5. The van der Waals surface area contributed by atoms with Crippen molar-refractivity contribution in [3.05, 3.63) is 30.1 Å². The summed E-state index contributed by atoms with van der Waals surface area (Å²) in [6, 6.07) is 1.76. The van der Waals surface area contributed by atoms with Gasteiger partial charge in [0.15, 0.2) is 0 Å². The number of nitriles is 1. The number of piperidine rings is 1. The van der Waals surface area contributed by atoms with Gasteiger partial charge in [0.05, 0.1) is 6.07 Å². The molecule has 3 rings (SSSR count). The number of amides is 3. The Kier molecular flexibility index (Phi) is 6.41. The lowest BCUT2D eigenvalue weighted by molar-refractivity contribution is -0.176. The Hall–Kier alpha value is -3.16. The van der Waals surface area contributed by atoms with Crippen molar-refractivity contribution in [2.45, 2.75) is 58.9 Å². The third-order valence-electron chi connectivity index (χ3n) is 6.84. The summed E-state index contributed by atoms with van der Waals surface area (Å²) < 4.78 is 38.8. The maximum atomic E-state index is 13.5. The molecule has 0 aromatic carbocycles. The summed E-state index contributed by atoms with van der Waals surface area (Å²) in [5.41, 5.74) is -0.834. The van der Waals surface area contributed by atoms with Crippen molar-refractivity contribution in [3.63, 3.8) is 0 Å². The van der Waals surface area contributed by atoms with Crippen LogP contribution < -0.4 is 10.6 Å². The van der Waals surface area contributed by atoms with Crippen LogP contribution >= 0.6 is 0 Å². The number of alkyl halides is 3. The number of carbonyl (C=O) groups excluding carboxylic acids is 3. The molecule has 8 nitrogen and oxygen atoms in total. The first-order valence-corrected chi connectivity index (χ1v) is 10.9. The van der Waals surface area contributed by atoms with Gasteiger partial charge in [-0.25, -0.2) is 0 Å². The van der Waals surface area contributed by atoms with Crippen LogP contribution in [-0.2, 0) is 14.4 Å². The van der Waals surface area contributed by atoms with E-state index in [0.29, 0.717) is 5.56 Å². The third-order valence-corrected chi connectivity index (χ3v) is 6.84. The molecule has 1 aromatic heterocycles. The highest BCUT2D eigenvalue weighted by Gasteiger charge is 2.70. The van der Waals surface area contributed by atoms with Gasteiger partial charge >= 0.3 is 12.1 Å². The molecule has 5 atom stereocenters. The number of aromatic nitrogens is 1. The number of fused-ring (bicyclic) bond motifs is 1. The lowest BCUT2D eigenvalue weighted by Gasteiger charge is -2.37. The Labute approximate surface area is 195 Å². The number of hydrogen-bond acceptors (Lipinski definition) is 5. The Morgan fingerprint density at radius 3 is 2.38 bits per heavy atom. The van der Waals surface area contributed by atoms with Crippen LogP contribution in [0, 0.1) is 34.0 Å². The summed E-state index contributed by atoms with van der Waals surface area (Å²) in [7, 11) is 0. The molecule has 0 spiro atoms. The van der Waals surface area contributed by atoms with E-state index in [0.717, 1.165) is 0 Å². The Morgan fingerprint density at radius 2 is 1.88 bits per heavy atom. The number of nitrogens with zero attached hydrogens (tertiary/aromatic N) is 3. The van der Waals surface area contributed by atoms with Gasteiger partial charge in [-0.3, -0.25) is 19.4 Å². The highest BCUT2D eigenvalue weighted by molar-refractivity contribution is 5.95. The average molecular weight is 480 g/mol. The van der Waals surface area contributed by atoms with Gasteiger partial charge in [0.1, 0.15) is 18.1 Å². The minimum Gasteiger partial charge on any atom is -0.336 e. The van der Waals surface area contributed by atoms with E-state index in [-0.39, 0.29) is 23.8 Å². The lowest BCUT2D eigenvalue weighted by Crippen LogP contribution is -2.60. The molecule has 1 saturated heterocycles. The SMILES string of the molecule is CC(C)(C)[C@H](NC(=O)C(F)(F)F)C(=O)N1C[C@H]2[C@@H]([C@H]1C(=O)N[C@H](C#N)c1cccnc1)C2(C)C. The van der Waals surface area contributed by atoms with E-state index < -0.39 is 47.4 Å². The fourth-order valence-electron chi connectivity index (χ4n) is 4.81. The van der Waals surface area contributed by atoms with Gasteiger partial charge in [-0.2, -0.15) is 18.4 Å². The molecule has 0 radical (unpaired) electrons. The van der Waals surface area contributed by atoms with Gasteiger partial charge in [-0.05, 0) is 28.7 Å². The quantitative estimate of drug-likeness (QED) is 0.673. The van der Waals surface area contributed by atoms with Crippen LogP contribution in [0.4, 0.5) is 13.2 Å². The van der Waals surface area contributed by atoms with Crippen LogP contribution in [0.5, 0.6) is 0 Å². The van der Waals surface area contributed by atoms with Crippen LogP contribution in [0.2, 0.25) is 0 Å². The van der Waals surface area contributed by atoms with Crippen LogP contribution in [0.25, 0.3) is 0 Å². The number of nitrogens with one attached hydrogen (secondary N) is 2. The molecule has 34 heavy (non-hydrogen) atoms. The van der Waals surface area contributed by atoms with E-state index in [1.54, 1.807) is 12.1 Å². The second-order valence-corrected chi connectivity index (χ2v) is 10.5. The predicted molar refractivity (Wildman–Crippen MR) is 114 cm³/mol. The van der Waals surface area contributed by atoms with Crippen LogP contribution in [-0.4, -0.2) is 52.4 Å². The summed E-state index contributed by atoms with van der Waals surface area (Å²) in [4.78, 5) is 43.6. The zero-order valence-corrected chi connectivity index (χ0v) is 19.6. The minimum atomic E-state index is -5.15. The summed E-state index contributed by atoms with van der Waals surface area (Å²) in [5, 5.41) is 14.0. The molecule has 1 aliphatic heterocycles. The largest absolute Gasteiger partial charge is 0.471 e. The van der Waals surface area contributed by atoms with E-state index in [2.05, 4.69) is 10.3 Å². The zero-order valence-electron chi connectivity index (χ0n) is 19.6. The maximum Gasteiger partial charge on any atom is 0.471 e. The summed E-state index contributed by atoms with van der Waals surface area (Å²) in [5.74, 6) is -3.79. The predicted octanol–water partition coefficient (Wildman–Crippen LogP) is 2.34. The smallest absolute Gasteiger partial charge is 0.336 e. The van der Waals surface area contributed by atoms with Crippen molar-refractivity contribution in [2.75, 3.05) is 6.54 Å². The molecule has 1 aromatic rings. The molecule has 11 heteroatoms. The Bertz CT molecular complexity index is 1010. The first-order chi connectivity index (χ1) is 15.6. The van der Waals surface area contributed by atoms with Gasteiger partial charge in [-0.15, -0.1) is 0 Å². The maximum absolute atomic E-state index is 13.5. The summed E-state index contributed by atoms with van der Waals surface area (Å²) >= 11 is 0. The molecule has 2 aliphatic rings. The molecule has 3 amide bonds. The number of hydrogen-bond donors (Lipinski definition) is 2. The number of likely N-dealkylation sites (tertiary alicyclic amines) is 1. The van der Waals surface area contributed by atoms with Gasteiger partial charge in [-0.1, -0.05) is 40.7 Å². The van der Waals surface area contributed by atoms with Crippen LogP contribution in [0.3, 0.4) is 0 Å². The first kappa shape index (κ1) is 25.5. The van der Waals surface area contributed by atoms with Gasteiger partial charge in [0.2, 0.25) is 11.8 Å². The fraction of sp³-hybridized carbons (Fsp3) is 0.609. The van der Waals surface area contributed by atoms with Crippen molar-refractivity contribution < 1.29 is 27.6 Å². The molecule has 2 fully saturated rings. The van der Waals surface area contributed by atoms with Crippen LogP contribution in [0.1, 0.15) is 46.2 Å². The van der Waals surface area contributed by atoms with Crippen molar-refractivity contribution in [3.8, 4) is 6.07 Å². The molecular formula is C23H28F3N5O3. The van der Waals surface area contributed by atoms with Crippen LogP contribution in [0.15, 0.2) is 24.5 Å². The Balaban J connectivity index is 1.87. The molecule has 2 heterocycles. The second kappa shape index (κ2) is 8.56. The van der Waals surface area contributed by atoms with Gasteiger partial charge in [0, 0.05) is 24.5 Å². The Morgan fingerprint density at radius 1 is 1.24 bits per heavy atom. The summed E-state index contributed by atoms with van der Waals surface area (Å²) in [6.07, 6.45) is -2.19. The topological polar surface area (TPSA) is 115 Å².